The van der Waals surface area contributed by atoms with E-state index >= 15 is 0 Å². The number of thiophene rings is 1. The molecule has 5 rings (SSSR count). The second kappa shape index (κ2) is 14.4. The van der Waals surface area contributed by atoms with Gasteiger partial charge in [0.1, 0.15) is 0 Å². The molecule has 0 bridgehead atoms. The van der Waals surface area contributed by atoms with Crippen molar-refractivity contribution >= 4 is 23.3 Å². The molecule has 8 heteroatoms. The lowest BCUT2D eigenvalue weighted by molar-refractivity contribution is -0.171. The molecule has 2 aliphatic heterocycles. The first kappa shape index (κ1) is 34.3. The number of hydrogen-bond donors (Lipinski definition) is 3. The maximum absolute atomic E-state index is 13.2. The number of nitrogens with zero attached hydrogens (tertiary/aromatic N) is 1. The van der Waals surface area contributed by atoms with E-state index in [0.717, 1.165) is 48.7 Å². The summed E-state index contributed by atoms with van der Waals surface area (Å²) < 4.78 is 6.07. The van der Waals surface area contributed by atoms with E-state index in [2.05, 4.69) is 70.9 Å². The summed E-state index contributed by atoms with van der Waals surface area (Å²) >= 11 is 1.51. The van der Waals surface area contributed by atoms with Crippen molar-refractivity contribution in [1.29, 1.82) is 0 Å². The van der Waals surface area contributed by atoms with Crippen molar-refractivity contribution in [3.8, 4) is 0 Å². The number of piperidine rings is 2. The molecular formula is C38H50N2O5S. The minimum atomic E-state index is -1.28. The zero-order chi connectivity index (χ0) is 33.0. The van der Waals surface area contributed by atoms with Crippen LogP contribution in [0.25, 0.3) is 0 Å². The topological polar surface area (TPSA) is 99.1 Å². The number of aryl methyl sites for hydroxylation is 1. The quantitative estimate of drug-likeness (QED) is 0.173. The minimum Gasteiger partial charge on any atom is -0.481 e. The largest absolute Gasteiger partial charge is 0.481 e. The number of carboxylic acid groups (broad SMARTS) is 2. The molecule has 7 nitrogen and oxygen atoms in total. The average Bonchev–Trinajstić information content (AvgIpc) is 3.48. The van der Waals surface area contributed by atoms with Gasteiger partial charge in [0.2, 0.25) is 0 Å². The highest BCUT2D eigenvalue weighted by Crippen LogP contribution is 2.58. The van der Waals surface area contributed by atoms with Crippen LogP contribution in [0.3, 0.4) is 0 Å². The number of hydrogen-bond acceptors (Lipinski definition) is 6. The van der Waals surface area contributed by atoms with Gasteiger partial charge in [0, 0.05) is 52.9 Å². The summed E-state index contributed by atoms with van der Waals surface area (Å²) in [5.41, 5.74) is 0.254. The summed E-state index contributed by atoms with van der Waals surface area (Å²) in [5.74, 6) is -2.59. The molecule has 3 N–H and O–H groups in total. The van der Waals surface area contributed by atoms with Crippen LogP contribution < -0.4 is 5.32 Å². The summed E-state index contributed by atoms with van der Waals surface area (Å²) in [4.78, 5) is 30.4. The monoisotopic (exact) mass is 646 g/mol. The number of likely N-dealkylation sites (tertiary alicyclic amines) is 1. The van der Waals surface area contributed by atoms with Gasteiger partial charge < -0.3 is 25.2 Å². The van der Waals surface area contributed by atoms with Crippen LogP contribution in [0.2, 0.25) is 0 Å². The molecule has 0 saturated carbocycles. The Hall–Kier alpha value is -3.04. The Kier molecular flexibility index (Phi) is 10.7. The summed E-state index contributed by atoms with van der Waals surface area (Å²) in [6.07, 6.45) is 3.94. The first-order valence-electron chi connectivity index (χ1n) is 16.8. The Labute approximate surface area is 278 Å². The van der Waals surface area contributed by atoms with E-state index in [0.29, 0.717) is 26.1 Å². The van der Waals surface area contributed by atoms with Crippen LogP contribution in [-0.4, -0.2) is 72.0 Å². The van der Waals surface area contributed by atoms with Crippen molar-refractivity contribution in [2.45, 2.75) is 83.2 Å². The van der Waals surface area contributed by atoms with E-state index in [1.54, 1.807) is 6.92 Å². The van der Waals surface area contributed by atoms with Gasteiger partial charge in [0.05, 0.1) is 10.8 Å². The third kappa shape index (κ3) is 6.42. The first-order chi connectivity index (χ1) is 22.1. The third-order valence-corrected chi connectivity index (χ3v) is 12.3. The summed E-state index contributed by atoms with van der Waals surface area (Å²) in [6, 6.07) is 24.9. The van der Waals surface area contributed by atoms with Gasteiger partial charge in [-0.15, -0.1) is 11.3 Å². The van der Waals surface area contributed by atoms with E-state index in [4.69, 9.17) is 4.74 Å². The smallest absolute Gasteiger partial charge is 0.311 e. The fourth-order valence-electron chi connectivity index (χ4n) is 8.35. The van der Waals surface area contributed by atoms with Crippen molar-refractivity contribution in [1.82, 2.24) is 10.2 Å². The molecule has 3 aromatic rings. The number of ether oxygens (including phenoxy) is 1. The second-order valence-corrected chi connectivity index (χ2v) is 15.0. The number of carbonyl (C=O) groups is 2. The zero-order valence-electron chi connectivity index (χ0n) is 27.7. The highest BCUT2D eigenvalue weighted by molar-refractivity contribution is 7.12. The fraction of sp³-hybridized carbons (Fsp3) is 0.526. The zero-order valence-corrected chi connectivity index (χ0v) is 28.5. The Morgan fingerprint density at radius 3 is 1.98 bits per heavy atom. The molecule has 2 saturated heterocycles. The van der Waals surface area contributed by atoms with E-state index < -0.39 is 40.8 Å². The molecule has 2 aromatic carbocycles. The van der Waals surface area contributed by atoms with E-state index in [-0.39, 0.29) is 5.41 Å². The number of carboxylic acids is 2. The summed E-state index contributed by atoms with van der Waals surface area (Å²) in [6.45, 7) is 11.5. The predicted molar refractivity (Wildman–Crippen MR) is 184 cm³/mol. The SMILES string of the molecule is Cc1ccc([C@@H]2C(C)(C(=O)O)C(C)NC(C)C2(CCCOCCCN2CCC(c3ccccc3)(c3ccccc3)CC2)C(=O)O)s1. The minimum absolute atomic E-state index is 0.0366. The van der Waals surface area contributed by atoms with Gasteiger partial charge in [0.15, 0.2) is 0 Å². The maximum atomic E-state index is 13.2. The molecule has 1 aromatic heterocycles. The van der Waals surface area contributed by atoms with Crippen molar-refractivity contribution in [3.63, 3.8) is 0 Å². The van der Waals surface area contributed by atoms with Crippen LogP contribution in [0.15, 0.2) is 72.8 Å². The van der Waals surface area contributed by atoms with Crippen LogP contribution in [0, 0.1) is 17.8 Å². The molecule has 5 atom stereocenters. The van der Waals surface area contributed by atoms with Gasteiger partial charge in [-0.05, 0) is 96.1 Å². The molecule has 4 unspecified atom stereocenters. The average molecular weight is 647 g/mol. The molecule has 0 radical (unpaired) electrons. The van der Waals surface area contributed by atoms with Crippen molar-refractivity contribution in [3.05, 3.63) is 93.7 Å². The van der Waals surface area contributed by atoms with Gasteiger partial charge in [-0.1, -0.05) is 60.7 Å². The molecule has 2 aliphatic rings. The van der Waals surface area contributed by atoms with Crippen LogP contribution in [0.5, 0.6) is 0 Å². The van der Waals surface area contributed by atoms with E-state index in [1.165, 1.54) is 22.5 Å². The Morgan fingerprint density at radius 2 is 1.46 bits per heavy atom. The second-order valence-electron chi connectivity index (χ2n) is 13.7. The van der Waals surface area contributed by atoms with Crippen LogP contribution in [0.1, 0.15) is 79.7 Å². The Balaban J connectivity index is 1.16. The third-order valence-electron chi connectivity index (χ3n) is 11.2. The van der Waals surface area contributed by atoms with E-state index in [1.807, 2.05) is 32.9 Å². The molecule has 248 valence electrons. The van der Waals surface area contributed by atoms with Crippen molar-refractivity contribution < 1.29 is 24.5 Å². The lowest BCUT2D eigenvalue weighted by Crippen LogP contribution is -2.68. The Bertz CT molecular complexity index is 1410. The molecule has 0 amide bonds. The van der Waals surface area contributed by atoms with Crippen LogP contribution >= 0.6 is 11.3 Å². The number of benzene rings is 2. The van der Waals surface area contributed by atoms with Crippen molar-refractivity contribution in [2.24, 2.45) is 10.8 Å². The first-order valence-corrected chi connectivity index (χ1v) is 17.6. The predicted octanol–water partition coefficient (Wildman–Crippen LogP) is 6.95. The van der Waals surface area contributed by atoms with Gasteiger partial charge >= 0.3 is 11.9 Å². The normalized spacial score (nSPS) is 28.1. The van der Waals surface area contributed by atoms with Gasteiger partial charge in [-0.2, -0.15) is 0 Å². The lowest BCUT2D eigenvalue weighted by atomic mass is 9.52. The number of nitrogens with one attached hydrogen (secondary N) is 1. The fourth-order valence-corrected chi connectivity index (χ4v) is 9.57. The molecule has 0 spiro atoms. The van der Waals surface area contributed by atoms with E-state index in [9.17, 15) is 19.8 Å². The van der Waals surface area contributed by atoms with Crippen LogP contribution in [-0.2, 0) is 19.7 Å². The summed E-state index contributed by atoms with van der Waals surface area (Å²) in [5, 5.41) is 24.6. The highest BCUT2D eigenvalue weighted by Gasteiger charge is 2.65. The maximum Gasteiger partial charge on any atom is 0.311 e. The lowest BCUT2D eigenvalue weighted by Gasteiger charge is -2.55. The van der Waals surface area contributed by atoms with Gasteiger partial charge in [-0.3, -0.25) is 9.59 Å². The number of rotatable bonds is 13. The standard InChI is InChI=1S/C38H50N2O5S/c1-27-17-18-32(46-27)33-36(4,34(41)42)28(2)39-29(3)38(33,35(43)44)19-11-25-45-26-12-22-40-23-20-37(21-24-40,30-13-7-5-8-14-30)31-15-9-6-10-16-31/h5-10,13-18,28-29,33,39H,11-12,19-26H2,1-4H3,(H,41,42)(H,43,44)/t28?,29?,33-,36?,38?/m1/s1. The van der Waals surface area contributed by atoms with Gasteiger partial charge in [-0.25, -0.2) is 0 Å². The molecule has 3 heterocycles. The highest BCUT2D eigenvalue weighted by atomic mass is 32.1. The van der Waals surface area contributed by atoms with Gasteiger partial charge in [0.25, 0.3) is 0 Å². The summed E-state index contributed by atoms with van der Waals surface area (Å²) in [7, 11) is 0. The molecular weight excluding hydrogens is 596 g/mol. The van der Waals surface area contributed by atoms with Crippen molar-refractivity contribution in [2.75, 3.05) is 32.8 Å². The van der Waals surface area contributed by atoms with Crippen LogP contribution in [0.4, 0.5) is 0 Å². The molecule has 0 aliphatic carbocycles. The molecule has 46 heavy (non-hydrogen) atoms. The Morgan fingerprint density at radius 1 is 0.870 bits per heavy atom. The molecule has 2 fully saturated rings. The number of aliphatic carboxylic acids is 2.